The molecule has 7 nitrogen and oxygen atoms in total. The SMILES string of the molecule is CS(=O)(=O)Nc1cc(Cl)cc(NC(=O)c2cn[nH]c2)c1. The number of nitrogens with zero attached hydrogens (tertiary/aromatic N) is 1. The second-order valence-corrected chi connectivity index (χ2v) is 6.23. The normalized spacial score (nSPS) is 11.1. The van der Waals surface area contributed by atoms with Crippen LogP contribution in [0.3, 0.4) is 0 Å². The number of carbonyl (C=O) groups excluding carboxylic acids is 1. The third kappa shape index (κ3) is 3.97. The van der Waals surface area contributed by atoms with Gasteiger partial charge in [0.15, 0.2) is 0 Å². The fourth-order valence-corrected chi connectivity index (χ4v) is 2.29. The molecule has 1 heterocycles. The number of hydrogen-bond acceptors (Lipinski definition) is 4. The average molecular weight is 315 g/mol. The number of benzene rings is 1. The number of aromatic nitrogens is 2. The van der Waals surface area contributed by atoms with Gasteiger partial charge in [-0.2, -0.15) is 5.10 Å². The van der Waals surface area contributed by atoms with Gasteiger partial charge in [-0.3, -0.25) is 14.6 Å². The van der Waals surface area contributed by atoms with Crippen molar-refractivity contribution in [1.29, 1.82) is 0 Å². The maximum Gasteiger partial charge on any atom is 0.258 e. The zero-order valence-electron chi connectivity index (χ0n) is 10.3. The van der Waals surface area contributed by atoms with Crippen LogP contribution in [0.1, 0.15) is 10.4 Å². The van der Waals surface area contributed by atoms with Crippen LogP contribution in [-0.2, 0) is 10.0 Å². The van der Waals surface area contributed by atoms with Crippen molar-refractivity contribution in [2.45, 2.75) is 0 Å². The van der Waals surface area contributed by atoms with Gasteiger partial charge in [-0.25, -0.2) is 8.42 Å². The van der Waals surface area contributed by atoms with Gasteiger partial charge in [0.25, 0.3) is 5.91 Å². The predicted molar refractivity (Wildman–Crippen MR) is 76.5 cm³/mol. The highest BCUT2D eigenvalue weighted by molar-refractivity contribution is 7.92. The van der Waals surface area contributed by atoms with Crippen LogP contribution in [0.2, 0.25) is 5.02 Å². The van der Waals surface area contributed by atoms with E-state index in [9.17, 15) is 13.2 Å². The van der Waals surface area contributed by atoms with Gasteiger partial charge in [0, 0.05) is 16.9 Å². The van der Waals surface area contributed by atoms with Gasteiger partial charge >= 0.3 is 0 Å². The fourth-order valence-electron chi connectivity index (χ4n) is 1.51. The van der Waals surface area contributed by atoms with Crippen LogP contribution < -0.4 is 10.0 Å². The maximum atomic E-state index is 11.8. The molecule has 0 aliphatic rings. The van der Waals surface area contributed by atoms with Crippen LogP contribution in [-0.4, -0.2) is 30.8 Å². The molecule has 0 bridgehead atoms. The van der Waals surface area contributed by atoms with E-state index in [4.69, 9.17) is 11.6 Å². The molecule has 0 saturated carbocycles. The summed E-state index contributed by atoms with van der Waals surface area (Å²) in [6.07, 6.45) is 3.84. The first-order valence-electron chi connectivity index (χ1n) is 5.42. The van der Waals surface area contributed by atoms with Gasteiger partial charge in [-0.05, 0) is 18.2 Å². The summed E-state index contributed by atoms with van der Waals surface area (Å²) in [4.78, 5) is 11.8. The highest BCUT2D eigenvalue weighted by Gasteiger charge is 2.09. The van der Waals surface area contributed by atoms with Crippen LogP contribution in [0.25, 0.3) is 0 Å². The van der Waals surface area contributed by atoms with Crippen molar-refractivity contribution in [3.63, 3.8) is 0 Å². The number of halogens is 1. The Kier molecular flexibility index (Phi) is 3.96. The number of aromatic amines is 1. The Bertz CT molecular complexity index is 728. The molecule has 106 valence electrons. The lowest BCUT2D eigenvalue weighted by atomic mass is 10.2. The van der Waals surface area contributed by atoms with E-state index in [-0.39, 0.29) is 11.6 Å². The van der Waals surface area contributed by atoms with Crippen molar-refractivity contribution in [2.75, 3.05) is 16.3 Å². The minimum Gasteiger partial charge on any atom is -0.322 e. The van der Waals surface area contributed by atoms with E-state index in [1.54, 1.807) is 0 Å². The highest BCUT2D eigenvalue weighted by atomic mass is 35.5. The number of amides is 1. The van der Waals surface area contributed by atoms with E-state index in [0.29, 0.717) is 16.3 Å². The molecule has 1 amide bonds. The summed E-state index contributed by atoms with van der Waals surface area (Å²) in [5.41, 5.74) is 0.986. The quantitative estimate of drug-likeness (QED) is 0.798. The number of rotatable bonds is 4. The Morgan fingerprint density at radius 3 is 2.60 bits per heavy atom. The summed E-state index contributed by atoms with van der Waals surface area (Å²) < 4.78 is 24.6. The zero-order valence-corrected chi connectivity index (χ0v) is 11.9. The van der Waals surface area contributed by atoms with Gasteiger partial charge in [0.1, 0.15) is 0 Å². The molecule has 0 aliphatic heterocycles. The van der Waals surface area contributed by atoms with Gasteiger partial charge < -0.3 is 5.32 Å². The molecule has 0 atom stereocenters. The predicted octanol–water partition coefficient (Wildman–Crippen LogP) is 1.69. The molecule has 0 saturated heterocycles. The van der Waals surface area contributed by atoms with Crippen LogP contribution in [0.15, 0.2) is 30.6 Å². The first kappa shape index (κ1) is 14.4. The molecule has 0 unspecified atom stereocenters. The van der Waals surface area contributed by atoms with Crippen molar-refractivity contribution in [1.82, 2.24) is 10.2 Å². The van der Waals surface area contributed by atoms with Crippen LogP contribution >= 0.6 is 11.6 Å². The Morgan fingerprint density at radius 1 is 1.30 bits per heavy atom. The number of sulfonamides is 1. The summed E-state index contributed by atoms with van der Waals surface area (Å²) in [7, 11) is -3.42. The smallest absolute Gasteiger partial charge is 0.258 e. The van der Waals surface area contributed by atoms with Crippen LogP contribution in [0.4, 0.5) is 11.4 Å². The number of nitrogens with one attached hydrogen (secondary N) is 3. The molecule has 0 spiro atoms. The minimum absolute atomic E-state index is 0.266. The molecular formula is C11H11ClN4O3S. The van der Waals surface area contributed by atoms with E-state index in [0.717, 1.165) is 6.26 Å². The minimum atomic E-state index is -3.42. The largest absolute Gasteiger partial charge is 0.322 e. The molecular weight excluding hydrogens is 304 g/mol. The molecule has 20 heavy (non-hydrogen) atoms. The monoisotopic (exact) mass is 314 g/mol. The van der Waals surface area contributed by atoms with Gasteiger partial charge in [-0.15, -0.1) is 0 Å². The van der Waals surface area contributed by atoms with E-state index < -0.39 is 10.0 Å². The number of H-pyrrole nitrogens is 1. The number of hydrogen-bond donors (Lipinski definition) is 3. The Morgan fingerprint density at radius 2 is 2.00 bits per heavy atom. The van der Waals surface area contributed by atoms with E-state index in [1.807, 2.05) is 0 Å². The number of anilines is 2. The molecule has 0 fully saturated rings. The molecule has 3 N–H and O–H groups in total. The Balaban J connectivity index is 2.22. The second kappa shape index (κ2) is 5.51. The first-order valence-corrected chi connectivity index (χ1v) is 7.69. The van der Waals surface area contributed by atoms with Crippen molar-refractivity contribution < 1.29 is 13.2 Å². The van der Waals surface area contributed by atoms with E-state index in [1.165, 1.54) is 30.6 Å². The van der Waals surface area contributed by atoms with Crippen LogP contribution in [0.5, 0.6) is 0 Å². The first-order chi connectivity index (χ1) is 9.33. The molecule has 1 aromatic heterocycles. The Labute approximate surface area is 120 Å². The molecule has 0 radical (unpaired) electrons. The third-order valence-corrected chi connectivity index (χ3v) is 3.04. The lowest BCUT2D eigenvalue weighted by molar-refractivity contribution is 0.102. The molecule has 2 aromatic rings. The maximum absolute atomic E-state index is 11.8. The number of carbonyl (C=O) groups is 1. The van der Waals surface area contributed by atoms with Crippen molar-refractivity contribution in [2.24, 2.45) is 0 Å². The van der Waals surface area contributed by atoms with Crippen molar-refractivity contribution in [3.05, 3.63) is 41.2 Å². The molecule has 2 rings (SSSR count). The third-order valence-electron chi connectivity index (χ3n) is 2.22. The summed E-state index contributed by atoms with van der Waals surface area (Å²) in [5, 5.41) is 9.07. The summed E-state index contributed by atoms with van der Waals surface area (Å²) in [6, 6.07) is 4.41. The fraction of sp³-hybridized carbons (Fsp3) is 0.0909. The average Bonchev–Trinajstić information content (AvgIpc) is 2.78. The topological polar surface area (TPSA) is 104 Å². The van der Waals surface area contributed by atoms with E-state index >= 15 is 0 Å². The lowest BCUT2D eigenvalue weighted by Gasteiger charge is -2.09. The summed E-state index contributed by atoms with van der Waals surface area (Å²) in [6.45, 7) is 0. The molecule has 1 aromatic carbocycles. The lowest BCUT2D eigenvalue weighted by Crippen LogP contribution is -2.12. The zero-order chi connectivity index (χ0) is 14.8. The van der Waals surface area contributed by atoms with Gasteiger partial charge in [0.2, 0.25) is 10.0 Å². The highest BCUT2D eigenvalue weighted by Crippen LogP contribution is 2.23. The Hall–Kier alpha value is -2.06. The van der Waals surface area contributed by atoms with E-state index in [2.05, 4.69) is 20.2 Å². The summed E-state index contributed by atoms with van der Waals surface area (Å²) >= 11 is 5.88. The van der Waals surface area contributed by atoms with Crippen molar-refractivity contribution >= 4 is 38.9 Å². The van der Waals surface area contributed by atoms with Gasteiger partial charge in [-0.1, -0.05) is 11.6 Å². The van der Waals surface area contributed by atoms with Gasteiger partial charge in [0.05, 0.1) is 23.7 Å². The summed E-state index contributed by atoms with van der Waals surface area (Å²) in [5.74, 6) is -0.383. The van der Waals surface area contributed by atoms with Crippen molar-refractivity contribution in [3.8, 4) is 0 Å². The van der Waals surface area contributed by atoms with Crippen LogP contribution in [0, 0.1) is 0 Å². The second-order valence-electron chi connectivity index (χ2n) is 4.04. The standard InChI is InChI=1S/C11H11ClN4O3S/c1-20(18,19)16-10-3-8(12)2-9(4-10)15-11(17)7-5-13-14-6-7/h2-6,16H,1H3,(H,13,14)(H,15,17). The molecule has 0 aliphatic carbocycles. The molecule has 9 heteroatoms.